The quantitative estimate of drug-likeness (QED) is 0.561. The summed E-state index contributed by atoms with van der Waals surface area (Å²) in [4.78, 5) is 6.93. The van der Waals surface area contributed by atoms with E-state index in [1.54, 1.807) is 0 Å². The van der Waals surface area contributed by atoms with Gasteiger partial charge in [0.15, 0.2) is 5.96 Å². The second kappa shape index (κ2) is 11.0. The van der Waals surface area contributed by atoms with Crippen LogP contribution < -0.4 is 15.4 Å². The molecule has 1 aromatic rings. The highest BCUT2D eigenvalue weighted by Gasteiger charge is 2.19. The smallest absolute Gasteiger partial charge is 0.191 e. The van der Waals surface area contributed by atoms with Gasteiger partial charge in [-0.25, -0.2) is 0 Å². The molecule has 2 rings (SSSR count). The van der Waals surface area contributed by atoms with Crippen LogP contribution in [0.3, 0.4) is 0 Å². The highest BCUT2D eigenvalue weighted by Crippen LogP contribution is 2.12. The number of benzene rings is 1. The summed E-state index contributed by atoms with van der Waals surface area (Å²) in [6.07, 6.45) is 4.68. The van der Waals surface area contributed by atoms with Gasteiger partial charge in [0.1, 0.15) is 11.9 Å². The molecule has 0 saturated carbocycles. The summed E-state index contributed by atoms with van der Waals surface area (Å²) in [5, 5.41) is 6.99. The monoisotopic (exact) mass is 346 g/mol. The molecule has 1 aliphatic heterocycles. The molecular weight excluding hydrogens is 312 g/mol. The second-order valence-electron chi connectivity index (χ2n) is 6.67. The van der Waals surface area contributed by atoms with E-state index in [0.29, 0.717) is 6.04 Å². The Kier molecular flexibility index (Phi) is 8.60. The van der Waals surface area contributed by atoms with Crippen molar-refractivity contribution < 1.29 is 4.74 Å². The molecule has 1 aliphatic rings. The summed E-state index contributed by atoms with van der Waals surface area (Å²) in [5.74, 6) is 1.80. The molecular formula is C20H34N4O. The van der Waals surface area contributed by atoms with Crippen LogP contribution in [0.4, 0.5) is 0 Å². The Morgan fingerprint density at radius 3 is 2.56 bits per heavy atom. The molecule has 140 valence electrons. The number of para-hydroxylation sites is 1. The third kappa shape index (κ3) is 6.94. The number of nitrogens with one attached hydrogen (secondary N) is 2. The van der Waals surface area contributed by atoms with E-state index in [1.165, 1.54) is 38.9 Å². The van der Waals surface area contributed by atoms with Crippen LogP contribution in [0, 0.1) is 0 Å². The predicted octanol–water partition coefficient (Wildman–Crippen LogP) is 2.88. The molecule has 1 atom stereocenters. The van der Waals surface area contributed by atoms with E-state index in [2.05, 4.69) is 34.4 Å². The van der Waals surface area contributed by atoms with Gasteiger partial charge in [0.2, 0.25) is 0 Å². The first-order valence-electron chi connectivity index (χ1n) is 9.66. The zero-order valence-electron chi connectivity index (χ0n) is 16.0. The van der Waals surface area contributed by atoms with E-state index in [9.17, 15) is 0 Å². The number of hydrogen-bond acceptors (Lipinski definition) is 3. The van der Waals surface area contributed by atoms with Gasteiger partial charge in [0, 0.05) is 26.2 Å². The van der Waals surface area contributed by atoms with Crippen molar-refractivity contribution in [2.24, 2.45) is 4.99 Å². The first-order chi connectivity index (χ1) is 12.2. The van der Waals surface area contributed by atoms with Crippen molar-refractivity contribution in [1.82, 2.24) is 15.5 Å². The van der Waals surface area contributed by atoms with Gasteiger partial charge in [0.25, 0.3) is 0 Å². The van der Waals surface area contributed by atoms with Gasteiger partial charge in [-0.3, -0.25) is 4.99 Å². The molecule has 1 heterocycles. The molecule has 0 aromatic heterocycles. The summed E-state index contributed by atoms with van der Waals surface area (Å²) in [5.41, 5.74) is 0. The lowest BCUT2D eigenvalue weighted by Crippen LogP contribution is -2.50. The first kappa shape index (κ1) is 19.6. The minimum absolute atomic E-state index is 0.132. The number of nitrogens with zero attached hydrogens (tertiary/aromatic N) is 2. The lowest BCUT2D eigenvalue weighted by Gasteiger charge is -2.33. The fraction of sp³-hybridized carbons (Fsp3) is 0.650. The molecule has 0 amide bonds. The molecule has 1 saturated heterocycles. The van der Waals surface area contributed by atoms with Crippen molar-refractivity contribution in [2.45, 2.75) is 51.7 Å². The molecule has 5 nitrogen and oxygen atoms in total. The average molecular weight is 347 g/mol. The maximum atomic E-state index is 6.04. The molecule has 5 heteroatoms. The molecule has 0 radical (unpaired) electrons. The van der Waals surface area contributed by atoms with Gasteiger partial charge in [-0.1, -0.05) is 32.0 Å². The average Bonchev–Trinajstić information content (AvgIpc) is 2.66. The molecule has 2 N–H and O–H groups in total. The van der Waals surface area contributed by atoms with Crippen LogP contribution >= 0.6 is 0 Å². The lowest BCUT2D eigenvalue weighted by molar-refractivity contribution is 0.197. The first-order valence-corrected chi connectivity index (χ1v) is 9.66. The fourth-order valence-corrected chi connectivity index (χ4v) is 3.18. The zero-order chi connectivity index (χ0) is 17.9. The lowest BCUT2D eigenvalue weighted by atomic mass is 10.1. The van der Waals surface area contributed by atoms with Crippen LogP contribution in [-0.4, -0.2) is 56.2 Å². The SMILES string of the molecule is CCCN1CCC(NC(=NC)NCC(CC)Oc2ccccc2)CC1. The number of likely N-dealkylation sites (tertiary alicyclic amines) is 1. The van der Waals surface area contributed by atoms with Crippen LogP contribution in [0.1, 0.15) is 39.5 Å². The number of ether oxygens (including phenoxy) is 1. The van der Waals surface area contributed by atoms with Crippen LogP contribution in [0.5, 0.6) is 5.75 Å². The topological polar surface area (TPSA) is 48.9 Å². The molecule has 0 spiro atoms. The second-order valence-corrected chi connectivity index (χ2v) is 6.67. The maximum absolute atomic E-state index is 6.04. The summed E-state index contributed by atoms with van der Waals surface area (Å²) >= 11 is 0. The fourth-order valence-electron chi connectivity index (χ4n) is 3.18. The number of hydrogen-bond donors (Lipinski definition) is 2. The van der Waals surface area contributed by atoms with Gasteiger partial charge < -0.3 is 20.3 Å². The number of guanidine groups is 1. The summed E-state index contributed by atoms with van der Waals surface area (Å²) in [6, 6.07) is 10.5. The van der Waals surface area contributed by atoms with Gasteiger partial charge in [-0.05, 0) is 44.4 Å². The van der Waals surface area contributed by atoms with E-state index in [-0.39, 0.29) is 6.10 Å². The molecule has 0 aliphatic carbocycles. The van der Waals surface area contributed by atoms with Crippen LogP contribution in [0.25, 0.3) is 0 Å². The molecule has 1 unspecified atom stereocenters. The maximum Gasteiger partial charge on any atom is 0.191 e. The van der Waals surface area contributed by atoms with Gasteiger partial charge in [-0.2, -0.15) is 0 Å². The van der Waals surface area contributed by atoms with Crippen molar-refractivity contribution in [1.29, 1.82) is 0 Å². The number of aliphatic imine (C=N–C) groups is 1. The standard InChI is InChI=1S/C20H34N4O/c1-4-13-24-14-11-17(12-15-24)23-20(21-3)22-16-18(5-2)25-19-9-7-6-8-10-19/h6-10,17-18H,4-5,11-16H2,1-3H3,(H2,21,22,23). The third-order valence-corrected chi connectivity index (χ3v) is 4.69. The van der Waals surface area contributed by atoms with Gasteiger partial charge >= 0.3 is 0 Å². The van der Waals surface area contributed by atoms with E-state index in [0.717, 1.165) is 24.7 Å². The summed E-state index contributed by atoms with van der Waals surface area (Å²) < 4.78 is 6.04. The molecule has 25 heavy (non-hydrogen) atoms. The number of piperidine rings is 1. The molecule has 1 fully saturated rings. The van der Waals surface area contributed by atoms with E-state index >= 15 is 0 Å². The number of rotatable bonds is 8. The highest BCUT2D eigenvalue weighted by molar-refractivity contribution is 5.80. The van der Waals surface area contributed by atoms with Crippen molar-refractivity contribution in [3.8, 4) is 5.75 Å². The third-order valence-electron chi connectivity index (χ3n) is 4.69. The Hall–Kier alpha value is -1.75. The predicted molar refractivity (Wildman–Crippen MR) is 105 cm³/mol. The Morgan fingerprint density at radius 1 is 1.24 bits per heavy atom. The van der Waals surface area contributed by atoms with Crippen molar-refractivity contribution in [2.75, 3.05) is 33.2 Å². The molecule has 0 bridgehead atoms. The van der Waals surface area contributed by atoms with E-state index in [4.69, 9.17) is 4.74 Å². The minimum atomic E-state index is 0.132. The van der Waals surface area contributed by atoms with Crippen LogP contribution in [0.15, 0.2) is 35.3 Å². The summed E-state index contributed by atoms with van der Waals surface area (Å²) in [6.45, 7) is 8.72. The van der Waals surface area contributed by atoms with Crippen molar-refractivity contribution in [3.05, 3.63) is 30.3 Å². The molecule has 1 aromatic carbocycles. The largest absolute Gasteiger partial charge is 0.489 e. The minimum Gasteiger partial charge on any atom is -0.489 e. The van der Waals surface area contributed by atoms with Crippen LogP contribution in [-0.2, 0) is 0 Å². The highest BCUT2D eigenvalue weighted by atomic mass is 16.5. The Bertz CT molecular complexity index is 498. The van der Waals surface area contributed by atoms with E-state index < -0.39 is 0 Å². The van der Waals surface area contributed by atoms with Gasteiger partial charge in [0.05, 0.1) is 6.54 Å². The van der Waals surface area contributed by atoms with Crippen molar-refractivity contribution >= 4 is 5.96 Å². The van der Waals surface area contributed by atoms with E-state index in [1.807, 2.05) is 37.4 Å². The van der Waals surface area contributed by atoms with Crippen molar-refractivity contribution in [3.63, 3.8) is 0 Å². The van der Waals surface area contributed by atoms with Gasteiger partial charge in [-0.15, -0.1) is 0 Å². The Labute approximate surface area is 152 Å². The van der Waals surface area contributed by atoms with Crippen LogP contribution in [0.2, 0.25) is 0 Å². The Morgan fingerprint density at radius 2 is 1.96 bits per heavy atom. The zero-order valence-corrected chi connectivity index (χ0v) is 16.0. The summed E-state index contributed by atoms with van der Waals surface area (Å²) in [7, 11) is 1.83. The Balaban J connectivity index is 1.74. The normalized spacial score (nSPS) is 18.0.